The van der Waals surface area contributed by atoms with E-state index < -0.39 is 0 Å². The summed E-state index contributed by atoms with van der Waals surface area (Å²) >= 11 is 0. The van der Waals surface area contributed by atoms with Gasteiger partial charge >= 0.3 is 0 Å². The van der Waals surface area contributed by atoms with Crippen molar-refractivity contribution in [3.8, 4) is 11.5 Å². The number of hydrogen-bond acceptors (Lipinski definition) is 4. The summed E-state index contributed by atoms with van der Waals surface area (Å²) < 4.78 is 15.6. The topological polar surface area (TPSA) is 44.8 Å². The zero-order valence-corrected chi connectivity index (χ0v) is 12.6. The van der Waals surface area contributed by atoms with Gasteiger partial charge in [0, 0.05) is 12.7 Å². The molecule has 0 aliphatic rings. The third-order valence-electron chi connectivity index (χ3n) is 3.06. The highest BCUT2D eigenvalue weighted by Crippen LogP contribution is 2.28. The van der Waals surface area contributed by atoms with E-state index in [-0.39, 0.29) is 6.79 Å². The lowest BCUT2D eigenvalue weighted by Crippen LogP contribution is -2.00. The molecule has 0 N–H and O–H groups in total. The third kappa shape index (κ3) is 4.20. The summed E-state index contributed by atoms with van der Waals surface area (Å²) in [4.78, 5) is 10.6. The minimum atomic E-state index is 0.175. The highest BCUT2D eigenvalue weighted by molar-refractivity contribution is 5.77. The Bertz CT molecular complexity index is 645. The number of methoxy groups -OCH3 is 2. The van der Waals surface area contributed by atoms with Crippen LogP contribution in [-0.2, 0) is 4.74 Å². The molecule has 0 aliphatic heterocycles. The molecule has 0 aliphatic carbocycles. The van der Waals surface area contributed by atoms with Gasteiger partial charge in [0.15, 0.2) is 18.3 Å². The van der Waals surface area contributed by atoms with Crippen molar-refractivity contribution in [2.45, 2.75) is 0 Å². The van der Waals surface area contributed by atoms with Gasteiger partial charge in [-0.25, -0.2) is 0 Å². The highest BCUT2D eigenvalue weighted by Gasteiger charge is 2.04. The summed E-state index contributed by atoms with van der Waals surface area (Å²) in [5, 5.41) is 0. The first-order valence-corrected chi connectivity index (χ1v) is 6.80. The molecule has 0 heterocycles. The largest absolute Gasteiger partial charge is 0.493 e. The number of carbonyl (C=O) groups excluding carboxylic acids is 1. The van der Waals surface area contributed by atoms with Gasteiger partial charge in [-0.2, -0.15) is 0 Å². The fourth-order valence-electron chi connectivity index (χ4n) is 1.91. The normalized spacial score (nSPS) is 10.6. The van der Waals surface area contributed by atoms with Crippen LogP contribution in [0.15, 0.2) is 42.5 Å². The van der Waals surface area contributed by atoms with Crippen molar-refractivity contribution in [1.29, 1.82) is 0 Å². The minimum Gasteiger partial charge on any atom is -0.493 e. The van der Waals surface area contributed by atoms with E-state index in [0.717, 1.165) is 17.4 Å². The van der Waals surface area contributed by atoms with E-state index >= 15 is 0 Å². The van der Waals surface area contributed by atoms with Gasteiger partial charge < -0.3 is 14.2 Å². The first-order chi connectivity index (χ1) is 10.8. The number of carbonyl (C=O) groups is 1. The molecule has 0 unspecified atom stereocenters. The molecule has 2 aromatic carbocycles. The quantitative estimate of drug-likeness (QED) is 0.444. The van der Waals surface area contributed by atoms with E-state index in [9.17, 15) is 4.79 Å². The van der Waals surface area contributed by atoms with E-state index in [0.29, 0.717) is 17.1 Å². The minimum absolute atomic E-state index is 0.175. The Morgan fingerprint density at radius 2 is 1.50 bits per heavy atom. The number of rotatable bonds is 7. The fraction of sp³-hybridized carbons (Fsp3) is 0.167. The molecule has 2 rings (SSSR count). The van der Waals surface area contributed by atoms with Crippen molar-refractivity contribution in [3.63, 3.8) is 0 Å². The summed E-state index contributed by atoms with van der Waals surface area (Å²) in [6.45, 7) is 0.175. The molecule has 0 saturated heterocycles. The van der Waals surface area contributed by atoms with Gasteiger partial charge in [0.25, 0.3) is 0 Å². The molecular weight excluding hydrogens is 280 g/mol. The van der Waals surface area contributed by atoms with E-state index in [1.165, 1.54) is 0 Å². The number of hydrogen-bond donors (Lipinski definition) is 0. The maximum absolute atomic E-state index is 10.6. The standard InChI is InChI=1S/C18H18O4/c1-20-13-22-17-10-9-15(11-18(17)21-2)6-3-14-4-7-16(12-19)8-5-14/h3-12H,13H2,1-2H3/b6-3+. The molecule has 0 bridgehead atoms. The summed E-state index contributed by atoms with van der Waals surface area (Å²) in [5.41, 5.74) is 2.67. The van der Waals surface area contributed by atoms with E-state index in [4.69, 9.17) is 14.2 Å². The van der Waals surface area contributed by atoms with Crippen LogP contribution in [0.5, 0.6) is 11.5 Å². The predicted molar refractivity (Wildman–Crippen MR) is 86.3 cm³/mol. The third-order valence-corrected chi connectivity index (χ3v) is 3.06. The SMILES string of the molecule is COCOc1ccc(/C=C/c2ccc(C=O)cc2)cc1OC. The number of benzene rings is 2. The molecule has 0 atom stereocenters. The van der Waals surface area contributed by atoms with Crippen molar-refractivity contribution in [2.75, 3.05) is 21.0 Å². The summed E-state index contributed by atoms with van der Waals surface area (Å²) in [6.07, 6.45) is 4.77. The van der Waals surface area contributed by atoms with Crippen LogP contribution in [0.3, 0.4) is 0 Å². The lowest BCUT2D eigenvalue weighted by Gasteiger charge is -2.10. The molecule has 4 nitrogen and oxygen atoms in total. The Kier molecular flexibility index (Phi) is 5.74. The molecule has 0 spiro atoms. The molecule has 114 valence electrons. The van der Waals surface area contributed by atoms with Crippen LogP contribution < -0.4 is 9.47 Å². The molecule has 0 aromatic heterocycles. The van der Waals surface area contributed by atoms with Gasteiger partial charge in [-0.3, -0.25) is 4.79 Å². The van der Waals surface area contributed by atoms with Crippen LogP contribution >= 0.6 is 0 Å². The summed E-state index contributed by atoms with van der Waals surface area (Å²) in [5.74, 6) is 1.28. The summed E-state index contributed by atoms with van der Waals surface area (Å²) in [6, 6.07) is 13.0. The smallest absolute Gasteiger partial charge is 0.188 e. The number of aldehydes is 1. The second-order valence-electron chi connectivity index (χ2n) is 4.58. The molecular formula is C18H18O4. The van der Waals surface area contributed by atoms with Gasteiger partial charge in [0.05, 0.1) is 7.11 Å². The van der Waals surface area contributed by atoms with Crippen molar-refractivity contribution in [1.82, 2.24) is 0 Å². The molecule has 4 heteroatoms. The van der Waals surface area contributed by atoms with Gasteiger partial charge in [0.1, 0.15) is 6.29 Å². The van der Waals surface area contributed by atoms with Gasteiger partial charge in [0.2, 0.25) is 0 Å². The van der Waals surface area contributed by atoms with Crippen LogP contribution in [-0.4, -0.2) is 27.3 Å². The molecule has 0 saturated carbocycles. The van der Waals surface area contributed by atoms with Crippen LogP contribution in [0.2, 0.25) is 0 Å². The second kappa shape index (κ2) is 8.00. The predicted octanol–water partition coefficient (Wildman–Crippen LogP) is 3.66. The lowest BCUT2D eigenvalue weighted by atomic mass is 10.1. The Morgan fingerprint density at radius 1 is 0.864 bits per heavy atom. The van der Waals surface area contributed by atoms with E-state index in [2.05, 4.69) is 0 Å². The average molecular weight is 298 g/mol. The van der Waals surface area contributed by atoms with Crippen molar-refractivity contribution >= 4 is 18.4 Å². The van der Waals surface area contributed by atoms with E-state index in [1.54, 1.807) is 26.4 Å². The molecule has 22 heavy (non-hydrogen) atoms. The van der Waals surface area contributed by atoms with E-state index in [1.807, 2.05) is 42.5 Å². The Morgan fingerprint density at radius 3 is 2.14 bits per heavy atom. The summed E-state index contributed by atoms with van der Waals surface area (Å²) in [7, 11) is 3.17. The maximum Gasteiger partial charge on any atom is 0.188 e. The van der Waals surface area contributed by atoms with Crippen LogP contribution in [0.4, 0.5) is 0 Å². The van der Waals surface area contributed by atoms with Gasteiger partial charge in [-0.1, -0.05) is 42.5 Å². The second-order valence-corrected chi connectivity index (χ2v) is 4.58. The van der Waals surface area contributed by atoms with Gasteiger partial charge in [-0.15, -0.1) is 0 Å². The molecule has 2 aromatic rings. The van der Waals surface area contributed by atoms with Crippen LogP contribution in [0.1, 0.15) is 21.5 Å². The fourth-order valence-corrected chi connectivity index (χ4v) is 1.91. The Hall–Kier alpha value is -2.59. The molecule has 0 amide bonds. The van der Waals surface area contributed by atoms with Crippen molar-refractivity contribution < 1.29 is 19.0 Å². The van der Waals surface area contributed by atoms with Gasteiger partial charge in [-0.05, 0) is 23.3 Å². The van der Waals surface area contributed by atoms with Crippen molar-refractivity contribution in [3.05, 3.63) is 59.2 Å². The zero-order valence-electron chi connectivity index (χ0n) is 12.6. The first-order valence-electron chi connectivity index (χ1n) is 6.80. The Balaban J connectivity index is 2.14. The average Bonchev–Trinajstić information content (AvgIpc) is 2.58. The van der Waals surface area contributed by atoms with Crippen LogP contribution in [0.25, 0.3) is 12.2 Å². The van der Waals surface area contributed by atoms with Crippen molar-refractivity contribution in [2.24, 2.45) is 0 Å². The zero-order chi connectivity index (χ0) is 15.8. The maximum atomic E-state index is 10.6. The highest BCUT2D eigenvalue weighted by atomic mass is 16.7. The Labute approximate surface area is 129 Å². The monoisotopic (exact) mass is 298 g/mol. The lowest BCUT2D eigenvalue weighted by molar-refractivity contribution is 0.0491. The number of ether oxygens (including phenoxy) is 3. The van der Waals surface area contributed by atoms with Crippen LogP contribution in [0, 0.1) is 0 Å². The first kappa shape index (κ1) is 15.8. The molecule has 0 radical (unpaired) electrons. The molecule has 0 fully saturated rings.